The number of unbranched alkanes of at least 4 members (excludes halogenated alkanes) is 4. The summed E-state index contributed by atoms with van der Waals surface area (Å²) in [5.74, 6) is 3.15. The molecule has 0 saturated heterocycles. The van der Waals surface area contributed by atoms with Crippen LogP contribution >= 0.6 is 15.9 Å². The molecule has 1 aromatic carbocycles. The predicted octanol–water partition coefficient (Wildman–Crippen LogP) is 11.1. The van der Waals surface area contributed by atoms with Crippen LogP contribution in [0, 0.1) is 11.8 Å². The first-order chi connectivity index (χ1) is 22.3. The molecule has 0 heterocycles. The minimum Gasteiger partial charge on any atom is -0.493 e. The van der Waals surface area contributed by atoms with Gasteiger partial charge >= 0.3 is 5.97 Å². The molecule has 0 radical (unpaired) electrons. The zero-order valence-electron chi connectivity index (χ0n) is 29.7. The van der Waals surface area contributed by atoms with E-state index < -0.39 is 0 Å². The molecule has 7 heteroatoms. The van der Waals surface area contributed by atoms with Crippen molar-refractivity contribution in [1.29, 1.82) is 0 Å². The number of carbonyl (C=O) groups excluding carboxylic acids is 3. The third kappa shape index (κ3) is 21.8. The number of esters is 1. The molecule has 0 aromatic heterocycles. The fourth-order valence-corrected chi connectivity index (χ4v) is 5.91. The Hall–Kier alpha value is -1.89. The SMILES string of the molecule is CCCCC(CC)CCC(=O)CCCCOc1cc(COC(=O)CCCBr)cc(OCCCCC(=O)CCC(CC)CCCC)c1. The van der Waals surface area contributed by atoms with Crippen molar-refractivity contribution in [3.05, 3.63) is 23.8 Å². The highest BCUT2D eigenvalue weighted by Gasteiger charge is 2.12. The Balaban J connectivity index is 2.54. The van der Waals surface area contributed by atoms with Gasteiger partial charge in [-0.2, -0.15) is 0 Å². The molecule has 0 saturated carbocycles. The third-order valence-electron chi connectivity index (χ3n) is 8.84. The Labute approximate surface area is 289 Å². The van der Waals surface area contributed by atoms with Crippen LogP contribution in [-0.2, 0) is 25.7 Å². The van der Waals surface area contributed by atoms with E-state index in [1.54, 1.807) is 0 Å². The molecule has 0 aliphatic rings. The Bertz CT molecular complexity index is 888. The molecule has 2 atom stereocenters. The van der Waals surface area contributed by atoms with Gasteiger partial charge in [0.15, 0.2) is 0 Å². The smallest absolute Gasteiger partial charge is 0.306 e. The van der Waals surface area contributed by atoms with E-state index in [2.05, 4.69) is 43.6 Å². The minimum atomic E-state index is -0.228. The summed E-state index contributed by atoms with van der Waals surface area (Å²) in [5, 5.41) is 0.761. The first-order valence-corrected chi connectivity index (χ1v) is 19.6. The molecular formula is C39H65BrO6. The van der Waals surface area contributed by atoms with Crippen molar-refractivity contribution in [3.63, 3.8) is 0 Å². The highest BCUT2D eigenvalue weighted by Crippen LogP contribution is 2.25. The molecule has 0 bridgehead atoms. The van der Waals surface area contributed by atoms with Crippen LogP contribution in [0.4, 0.5) is 0 Å². The van der Waals surface area contributed by atoms with Crippen molar-refractivity contribution in [1.82, 2.24) is 0 Å². The molecule has 0 fully saturated rings. The molecule has 46 heavy (non-hydrogen) atoms. The largest absolute Gasteiger partial charge is 0.493 e. The normalized spacial score (nSPS) is 12.5. The second-order valence-corrected chi connectivity index (χ2v) is 13.7. The molecule has 1 rings (SSSR count). The number of alkyl halides is 1. The number of Topliss-reactive ketones (excluding diaryl/α,β-unsaturated/α-hetero) is 2. The summed E-state index contributed by atoms with van der Waals surface area (Å²) in [5.41, 5.74) is 0.812. The molecule has 1 aromatic rings. The number of halogens is 1. The van der Waals surface area contributed by atoms with Gasteiger partial charge in [-0.1, -0.05) is 95.0 Å². The summed E-state index contributed by atoms with van der Waals surface area (Å²) in [4.78, 5) is 36.9. The summed E-state index contributed by atoms with van der Waals surface area (Å²) in [6.07, 6.45) is 18.6. The molecule has 0 N–H and O–H groups in total. The lowest BCUT2D eigenvalue weighted by atomic mass is 9.92. The van der Waals surface area contributed by atoms with Crippen LogP contribution in [0.1, 0.15) is 162 Å². The zero-order valence-corrected chi connectivity index (χ0v) is 31.3. The first kappa shape index (κ1) is 42.1. The standard InChI is InChI=1S/C39H65BrO6/c1-5-9-16-32(7-3)21-23-35(41)18-11-13-26-44-37-28-34(31-46-39(43)20-15-25-40)29-38(30-37)45-27-14-12-19-36(42)24-22-33(8-4)17-10-6-2/h28-30,32-33H,5-27,31H2,1-4H3. The van der Waals surface area contributed by atoms with Crippen molar-refractivity contribution >= 4 is 33.5 Å². The van der Waals surface area contributed by atoms with Crippen LogP contribution in [0.2, 0.25) is 0 Å². The summed E-state index contributed by atoms with van der Waals surface area (Å²) >= 11 is 3.35. The molecule has 0 spiro atoms. The number of hydrogen-bond donors (Lipinski definition) is 0. The summed E-state index contributed by atoms with van der Waals surface area (Å²) in [7, 11) is 0. The average Bonchev–Trinajstić information content (AvgIpc) is 3.06. The van der Waals surface area contributed by atoms with Crippen LogP contribution < -0.4 is 9.47 Å². The summed E-state index contributed by atoms with van der Waals surface area (Å²) in [6, 6.07) is 5.65. The number of rotatable bonds is 31. The van der Waals surface area contributed by atoms with Crippen LogP contribution in [0.25, 0.3) is 0 Å². The monoisotopic (exact) mass is 708 g/mol. The fraction of sp³-hybridized carbons (Fsp3) is 0.769. The number of ketones is 2. The van der Waals surface area contributed by atoms with Crippen molar-refractivity contribution in [3.8, 4) is 11.5 Å². The third-order valence-corrected chi connectivity index (χ3v) is 9.40. The van der Waals surface area contributed by atoms with E-state index in [-0.39, 0.29) is 12.6 Å². The number of ether oxygens (including phenoxy) is 3. The van der Waals surface area contributed by atoms with E-state index in [1.807, 2.05) is 18.2 Å². The molecule has 0 aliphatic heterocycles. The number of benzene rings is 1. The fourth-order valence-electron chi connectivity index (χ4n) is 5.63. The maximum Gasteiger partial charge on any atom is 0.306 e. The molecule has 0 aliphatic carbocycles. The van der Waals surface area contributed by atoms with E-state index in [9.17, 15) is 14.4 Å². The second kappa shape index (κ2) is 28.2. The Morgan fingerprint density at radius 2 is 1.11 bits per heavy atom. The van der Waals surface area contributed by atoms with Gasteiger partial charge in [0.1, 0.15) is 29.7 Å². The topological polar surface area (TPSA) is 78.9 Å². The van der Waals surface area contributed by atoms with Gasteiger partial charge in [0.25, 0.3) is 0 Å². The van der Waals surface area contributed by atoms with Crippen molar-refractivity contribution in [2.45, 2.75) is 163 Å². The quantitative estimate of drug-likeness (QED) is 0.0434. The van der Waals surface area contributed by atoms with Gasteiger partial charge in [0.05, 0.1) is 13.2 Å². The number of hydrogen-bond acceptors (Lipinski definition) is 6. The van der Waals surface area contributed by atoms with Gasteiger partial charge in [0.2, 0.25) is 0 Å². The Morgan fingerprint density at radius 3 is 1.54 bits per heavy atom. The molecule has 2 unspecified atom stereocenters. The maximum atomic E-state index is 12.4. The lowest BCUT2D eigenvalue weighted by Crippen LogP contribution is -2.07. The van der Waals surface area contributed by atoms with Crippen LogP contribution in [0.15, 0.2) is 18.2 Å². The lowest BCUT2D eigenvalue weighted by molar-refractivity contribution is -0.145. The van der Waals surface area contributed by atoms with Crippen LogP contribution in [-0.4, -0.2) is 36.1 Å². The lowest BCUT2D eigenvalue weighted by Gasteiger charge is -2.14. The highest BCUT2D eigenvalue weighted by molar-refractivity contribution is 9.09. The zero-order chi connectivity index (χ0) is 33.8. The van der Waals surface area contributed by atoms with Gasteiger partial charge in [0, 0.05) is 43.5 Å². The van der Waals surface area contributed by atoms with E-state index in [4.69, 9.17) is 14.2 Å². The van der Waals surface area contributed by atoms with Crippen LogP contribution in [0.3, 0.4) is 0 Å². The number of carbonyl (C=O) groups is 3. The predicted molar refractivity (Wildman–Crippen MR) is 193 cm³/mol. The summed E-state index contributed by atoms with van der Waals surface area (Å²) < 4.78 is 17.6. The maximum absolute atomic E-state index is 12.4. The molecule has 0 amide bonds. The van der Waals surface area contributed by atoms with E-state index >= 15 is 0 Å². The van der Waals surface area contributed by atoms with E-state index in [0.29, 0.717) is 80.2 Å². The van der Waals surface area contributed by atoms with Crippen molar-refractivity contribution in [2.75, 3.05) is 18.5 Å². The Morgan fingerprint density at radius 1 is 0.609 bits per heavy atom. The van der Waals surface area contributed by atoms with Gasteiger partial charge in [-0.15, -0.1) is 0 Å². The first-order valence-electron chi connectivity index (χ1n) is 18.5. The molecule has 6 nitrogen and oxygen atoms in total. The Kier molecular flexibility index (Phi) is 25.8. The molecule has 264 valence electrons. The minimum absolute atomic E-state index is 0.158. The van der Waals surface area contributed by atoms with Crippen LogP contribution in [0.5, 0.6) is 11.5 Å². The van der Waals surface area contributed by atoms with Gasteiger partial charge in [-0.3, -0.25) is 14.4 Å². The average molecular weight is 710 g/mol. The highest BCUT2D eigenvalue weighted by atomic mass is 79.9. The summed E-state index contributed by atoms with van der Waals surface area (Å²) in [6.45, 7) is 10.1. The second-order valence-electron chi connectivity index (χ2n) is 12.9. The van der Waals surface area contributed by atoms with Gasteiger partial charge < -0.3 is 14.2 Å². The van der Waals surface area contributed by atoms with E-state index in [1.165, 1.54) is 38.5 Å². The van der Waals surface area contributed by atoms with Gasteiger partial charge in [-0.05, 0) is 74.5 Å². The van der Waals surface area contributed by atoms with Gasteiger partial charge in [-0.25, -0.2) is 0 Å². The molecular weight excluding hydrogens is 644 g/mol. The van der Waals surface area contributed by atoms with E-state index in [0.717, 1.165) is 68.7 Å². The van der Waals surface area contributed by atoms with Crippen molar-refractivity contribution < 1.29 is 28.6 Å². The van der Waals surface area contributed by atoms with Crippen molar-refractivity contribution in [2.24, 2.45) is 11.8 Å².